The summed E-state index contributed by atoms with van der Waals surface area (Å²) in [6, 6.07) is 23.1. The summed E-state index contributed by atoms with van der Waals surface area (Å²) in [4.78, 5) is 35.2. The summed E-state index contributed by atoms with van der Waals surface area (Å²) >= 11 is 2.78. The lowest BCUT2D eigenvalue weighted by Crippen LogP contribution is -2.50. The molecule has 0 atom stereocenters. The molecule has 4 aromatic rings. The molecular formula is C26H26N4O2S2. The van der Waals surface area contributed by atoms with Crippen LogP contribution >= 0.6 is 23.1 Å². The van der Waals surface area contributed by atoms with E-state index in [0.717, 1.165) is 17.9 Å². The summed E-state index contributed by atoms with van der Waals surface area (Å²) in [5.41, 5.74) is 2.46. The first kappa shape index (κ1) is 22.8. The third kappa shape index (κ3) is 4.66. The number of carbonyl (C=O) groups excluding carboxylic acids is 1. The highest BCUT2D eigenvalue weighted by Gasteiger charge is 2.28. The van der Waals surface area contributed by atoms with E-state index >= 15 is 0 Å². The van der Waals surface area contributed by atoms with Crippen LogP contribution in [0.4, 0.5) is 0 Å². The van der Waals surface area contributed by atoms with Gasteiger partial charge in [-0.1, -0.05) is 72.4 Å². The van der Waals surface area contributed by atoms with Crippen LogP contribution in [0.15, 0.2) is 82.1 Å². The molecule has 0 spiro atoms. The lowest BCUT2D eigenvalue weighted by molar-refractivity contribution is -0.130. The Morgan fingerprint density at radius 3 is 2.21 bits per heavy atom. The third-order valence-corrected chi connectivity index (χ3v) is 8.07. The van der Waals surface area contributed by atoms with Crippen molar-refractivity contribution >= 4 is 39.2 Å². The highest BCUT2D eigenvalue weighted by molar-refractivity contribution is 7.99. The Bertz CT molecular complexity index is 1290. The number of fused-ring (bicyclic) bond motifs is 1. The Morgan fingerprint density at radius 1 is 0.971 bits per heavy atom. The maximum absolute atomic E-state index is 13.0. The number of thiophene rings is 1. The van der Waals surface area contributed by atoms with Crippen molar-refractivity contribution in [2.24, 2.45) is 7.05 Å². The zero-order valence-corrected chi connectivity index (χ0v) is 20.6. The van der Waals surface area contributed by atoms with E-state index in [1.165, 1.54) is 38.8 Å². The first-order valence-corrected chi connectivity index (χ1v) is 13.2. The van der Waals surface area contributed by atoms with Gasteiger partial charge in [0.05, 0.1) is 17.2 Å². The van der Waals surface area contributed by atoms with E-state index in [1.807, 2.05) is 22.4 Å². The highest BCUT2D eigenvalue weighted by atomic mass is 32.2. The van der Waals surface area contributed by atoms with Gasteiger partial charge in [0.15, 0.2) is 5.16 Å². The standard InChI is InChI=1S/C26H26N4O2S2/c1-28-25(32)21-12-17-33-24(21)27-26(28)34-18-22(31)29-13-15-30(16-14-29)23(19-8-4-2-5-9-19)20-10-6-3-7-11-20/h2-12,17,23H,13-16,18H2,1H3. The summed E-state index contributed by atoms with van der Waals surface area (Å²) in [6.45, 7) is 2.99. The van der Waals surface area contributed by atoms with E-state index in [9.17, 15) is 9.59 Å². The molecule has 2 aromatic heterocycles. The molecule has 2 aromatic carbocycles. The Morgan fingerprint density at radius 2 is 1.59 bits per heavy atom. The topological polar surface area (TPSA) is 58.4 Å². The van der Waals surface area contributed by atoms with Gasteiger partial charge in [0.25, 0.3) is 5.56 Å². The highest BCUT2D eigenvalue weighted by Crippen LogP contribution is 2.29. The van der Waals surface area contributed by atoms with Gasteiger partial charge < -0.3 is 4.90 Å². The first-order valence-electron chi connectivity index (χ1n) is 11.3. The van der Waals surface area contributed by atoms with Crippen LogP contribution in [0.25, 0.3) is 10.2 Å². The van der Waals surface area contributed by atoms with Crippen molar-refractivity contribution in [2.75, 3.05) is 31.9 Å². The molecule has 0 radical (unpaired) electrons. The van der Waals surface area contributed by atoms with Crippen molar-refractivity contribution in [3.8, 4) is 0 Å². The normalized spacial score (nSPS) is 14.7. The van der Waals surface area contributed by atoms with Crippen molar-refractivity contribution in [1.29, 1.82) is 0 Å². The average molecular weight is 491 g/mol. The Labute approximate surface area is 206 Å². The van der Waals surface area contributed by atoms with E-state index in [4.69, 9.17) is 0 Å². The Kier molecular flexibility index (Phi) is 6.80. The van der Waals surface area contributed by atoms with Crippen LogP contribution in [-0.4, -0.2) is 57.2 Å². The quantitative estimate of drug-likeness (QED) is 0.302. The molecule has 1 aliphatic rings. The predicted octanol–water partition coefficient (Wildman–Crippen LogP) is 4.02. The van der Waals surface area contributed by atoms with Gasteiger partial charge in [0.1, 0.15) is 4.83 Å². The van der Waals surface area contributed by atoms with E-state index in [-0.39, 0.29) is 23.3 Å². The third-order valence-electron chi connectivity index (χ3n) is 6.25. The van der Waals surface area contributed by atoms with Crippen molar-refractivity contribution in [3.63, 3.8) is 0 Å². The number of carbonyl (C=O) groups is 1. The van der Waals surface area contributed by atoms with Crippen LogP contribution in [0.1, 0.15) is 17.2 Å². The molecule has 8 heteroatoms. The number of piperazine rings is 1. The minimum atomic E-state index is -0.0670. The molecule has 1 aliphatic heterocycles. The molecule has 1 fully saturated rings. The molecule has 0 unspecified atom stereocenters. The molecule has 0 bridgehead atoms. The van der Waals surface area contributed by atoms with Gasteiger partial charge in [-0.2, -0.15) is 0 Å². The summed E-state index contributed by atoms with van der Waals surface area (Å²) in [5, 5.41) is 3.09. The molecule has 0 saturated carbocycles. The molecule has 1 amide bonds. The minimum Gasteiger partial charge on any atom is -0.339 e. The molecule has 5 rings (SSSR count). The van der Waals surface area contributed by atoms with Crippen molar-refractivity contribution < 1.29 is 4.79 Å². The second-order valence-electron chi connectivity index (χ2n) is 8.33. The van der Waals surface area contributed by atoms with Crippen LogP contribution in [0.2, 0.25) is 0 Å². The van der Waals surface area contributed by atoms with E-state index in [2.05, 4.69) is 58.4 Å². The molecular weight excluding hydrogens is 464 g/mol. The number of thioether (sulfide) groups is 1. The molecule has 0 N–H and O–H groups in total. The molecule has 3 heterocycles. The van der Waals surface area contributed by atoms with Crippen molar-refractivity contribution in [1.82, 2.24) is 19.4 Å². The largest absolute Gasteiger partial charge is 0.339 e. The van der Waals surface area contributed by atoms with Gasteiger partial charge in [-0.3, -0.25) is 19.1 Å². The lowest BCUT2D eigenvalue weighted by atomic mass is 9.96. The predicted molar refractivity (Wildman–Crippen MR) is 138 cm³/mol. The number of hydrogen-bond acceptors (Lipinski definition) is 6. The van der Waals surface area contributed by atoms with E-state index in [0.29, 0.717) is 23.6 Å². The number of amides is 1. The lowest BCUT2D eigenvalue weighted by Gasteiger charge is -2.39. The van der Waals surface area contributed by atoms with Crippen LogP contribution in [0.3, 0.4) is 0 Å². The summed E-state index contributed by atoms with van der Waals surface area (Å²) in [5.74, 6) is 0.360. The van der Waals surface area contributed by atoms with Gasteiger partial charge in [0.2, 0.25) is 5.91 Å². The van der Waals surface area contributed by atoms with Gasteiger partial charge >= 0.3 is 0 Å². The van der Waals surface area contributed by atoms with Crippen molar-refractivity contribution in [3.05, 3.63) is 93.6 Å². The van der Waals surface area contributed by atoms with Crippen LogP contribution in [0.5, 0.6) is 0 Å². The number of aromatic nitrogens is 2. The monoisotopic (exact) mass is 490 g/mol. The maximum Gasteiger partial charge on any atom is 0.262 e. The maximum atomic E-state index is 13.0. The molecule has 6 nitrogen and oxygen atoms in total. The SMILES string of the molecule is Cn1c(SCC(=O)N2CCN(C(c3ccccc3)c3ccccc3)CC2)nc2sccc2c1=O. The van der Waals surface area contributed by atoms with Crippen LogP contribution < -0.4 is 5.56 Å². The number of nitrogens with zero attached hydrogens (tertiary/aromatic N) is 4. The minimum absolute atomic E-state index is 0.0670. The summed E-state index contributed by atoms with van der Waals surface area (Å²) in [7, 11) is 1.71. The van der Waals surface area contributed by atoms with Gasteiger partial charge in [-0.15, -0.1) is 11.3 Å². The van der Waals surface area contributed by atoms with E-state index in [1.54, 1.807) is 13.1 Å². The average Bonchev–Trinajstić information content (AvgIpc) is 3.36. The Hall–Kier alpha value is -2.94. The second kappa shape index (κ2) is 10.1. The molecule has 34 heavy (non-hydrogen) atoms. The van der Waals surface area contributed by atoms with Crippen LogP contribution in [-0.2, 0) is 11.8 Å². The fourth-order valence-corrected chi connectivity index (χ4v) is 6.12. The molecule has 0 aliphatic carbocycles. The zero-order chi connectivity index (χ0) is 23.5. The van der Waals surface area contributed by atoms with Gasteiger partial charge in [0, 0.05) is 33.2 Å². The number of hydrogen-bond donors (Lipinski definition) is 0. The van der Waals surface area contributed by atoms with Crippen LogP contribution in [0, 0.1) is 0 Å². The fourth-order valence-electron chi connectivity index (χ4n) is 4.44. The first-order chi connectivity index (χ1) is 16.6. The smallest absolute Gasteiger partial charge is 0.262 e. The van der Waals surface area contributed by atoms with Gasteiger partial charge in [-0.05, 0) is 22.6 Å². The zero-order valence-electron chi connectivity index (χ0n) is 19.0. The number of benzene rings is 2. The molecule has 1 saturated heterocycles. The van der Waals surface area contributed by atoms with E-state index < -0.39 is 0 Å². The van der Waals surface area contributed by atoms with Crippen molar-refractivity contribution in [2.45, 2.75) is 11.2 Å². The summed E-state index contributed by atoms with van der Waals surface area (Å²) < 4.78 is 1.54. The fraction of sp³-hybridized carbons (Fsp3) is 0.269. The number of rotatable bonds is 6. The second-order valence-corrected chi connectivity index (χ2v) is 10.2. The van der Waals surface area contributed by atoms with Gasteiger partial charge in [-0.25, -0.2) is 4.98 Å². The molecule has 174 valence electrons. The Balaban J connectivity index is 1.24. The summed E-state index contributed by atoms with van der Waals surface area (Å²) in [6.07, 6.45) is 0.